The van der Waals surface area contributed by atoms with Crippen molar-refractivity contribution in [3.63, 3.8) is 0 Å². The zero-order valence-electron chi connectivity index (χ0n) is 6.75. The van der Waals surface area contributed by atoms with Gasteiger partial charge in [-0.2, -0.15) is 0 Å². The summed E-state index contributed by atoms with van der Waals surface area (Å²) in [7, 11) is 0. The maximum Gasteiger partial charge on any atom is 0.306 e. The molecule has 11 heavy (non-hydrogen) atoms. The topological polar surface area (TPSA) is 37.3 Å². The number of rotatable bonds is 2. The van der Waals surface area contributed by atoms with E-state index in [0.717, 1.165) is 32.1 Å². The van der Waals surface area contributed by atoms with E-state index in [4.69, 9.17) is 5.11 Å². The van der Waals surface area contributed by atoms with Crippen molar-refractivity contribution in [1.29, 1.82) is 0 Å². The number of carbonyl (C=O) groups is 1. The molecule has 0 aromatic rings. The average molecular weight is 155 g/mol. The molecule has 0 aromatic carbocycles. The predicted octanol–water partition coefficient (Wildman–Crippen LogP) is 2.10. The lowest BCUT2D eigenvalue weighted by molar-refractivity contribution is -0.143. The molecule has 1 saturated carbocycles. The normalized spacial score (nSPS) is 31.7. The van der Waals surface area contributed by atoms with Gasteiger partial charge in [0, 0.05) is 0 Å². The Morgan fingerprint density at radius 3 is 2.27 bits per heavy atom. The van der Waals surface area contributed by atoms with Crippen LogP contribution in [0.4, 0.5) is 0 Å². The molecule has 1 aliphatic carbocycles. The predicted molar refractivity (Wildman–Crippen MR) is 43.1 cm³/mol. The maximum atomic E-state index is 10.5. The molecule has 0 amide bonds. The number of carboxylic acid groups (broad SMARTS) is 1. The van der Waals surface area contributed by atoms with Crippen LogP contribution in [0.15, 0.2) is 0 Å². The summed E-state index contributed by atoms with van der Waals surface area (Å²) in [4.78, 5) is 10.5. The van der Waals surface area contributed by atoms with Crippen LogP contribution in [0.5, 0.6) is 0 Å². The summed E-state index contributed by atoms with van der Waals surface area (Å²) in [6.07, 6.45) is 4.79. The maximum absolute atomic E-state index is 10.5. The van der Waals surface area contributed by atoms with Gasteiger partial charge < -0.3 is 5.11 Å². The Hall–Kier alpha value is -0.530. The van der Waals surface area contributed by atoms with Crippen LogP contribution in [-0.2, 0) is 4.79 Å². The highest BCUT2D eigenvalue weighted by atomic mass is 16.4. The van der Waals surface area contributed by atoms with E-state index >= 15 is 0 Å². The molecule has 0 heterocycles. The summed E-state index contributed by atoms with van der Waals surface area (Å²) in [5, 5.41) is 8.68. The minimum Gasteiger partial charge on any atom is -0.481 e. The minimum atomic E-state index is -0.618. The first-order valence-electron chi connectivity index (χ1n) is 4.26. The first-order chi connectivity index (χ1) is 5.24. The molecule has 0 atom stereocenters. The molecule has 2 heteroatoms. The molecule has 2 nitrogen and oxygen atoms in total. The highest BCUT2D eigenvalue weighted by Crippen LogP contribution is 2.30. The lowest BCUT2D eigenvalue weighted by Gasteiger charge is -2.24. The molecular formula is C9H15O2. The first-order valence-corrected chi connectivity index (χ1v) is 4.26. The Kier molecular flexibility index (Phi) is 2.92. The van der Waals surface area contributed by atoms with Crippen LogP contribution >= 0.6 is 0 Å². The lowest BCUT2D eigenvalue weighted by atomic mass is 9.81. The molecule has 1 aliphatic rings. The van der Waals surface area contributed by atoms with Crippen molar-refractivity contribution in [3.8, 4) is 0 Å². The zero-order chi connectivity index (χ0) is 8.27. The van der Waals surface area contributed by atoms with Crippen molar-refractivity contribution in [1.82, 2.24) is 0 Å². The van der Waals surface area contributed by atoms with Gasteiger partial charge in [-0.3, -0.25) is 4.79 Å². The van der Waals surface area contributed by atoms with Gasteiger partial charge in [0.25, 0.3) is 0 Å². The molecule has 1 fully saturated rings. The number of aliphatic carboxylic acids is 1. The van der Waals surface area contributed by atoms with Crippen molar-refractivity contribution < 1.29 is 9.90 Å². The van der Waals surface area contributed by atoms with E-state index < -0.39 is 5.97 Å². The molecule has 1 rings (SSSR count). The SMILES string of the molecule is [CH2]CC1CCC(C(=O)O)CC1. The molecule has 0 aliphatic heterocycles. The Morgan fingerprint density at radius 1 is 1.36 bits per heavy atom. The Labute approximate surface area is 67.6 Å². The molecule has 0 aromatic heterocycles. The van der Waals surface area contributed by atoms with Gasteiger partial charge in [0.15, 0.2) is 0 Å². The average Bonchev–Trinajstić information content (AvgIpc) is 2.05. The summed E-state index contributed by atoms with van der Waals surface area (Å²) in [5.74, 6) is -0.00378. The monoisotopic (exact) mass is 155 g/mol. The van der Waals surface area contributed by atoms with Crippen molar-refractivity contribution in [2.24, 2.45) is 11.8 Å². The summed E-state index contributed by atoms with van der Waals surface area (Å²) in [6.45, 7) is 3.83. The molecule has 1 N–H and O–H groups in total. The van der Waals surface area contributed by atoms with E-state index in [2.05, 4.69) is 6.92 Å². The molecule has 0 bridgehead atoms. The van der Waals surface area contributed by atoms with Gasteiger partial charge >= 0.3 is 5.97 Å². The quantitative estimate of drug-likeness (QED) is 0.663. The fraction of sp³-hybridized carbons (Fsp3) is 0.778. The molecule has 0 spiro atoms. The smallest absolute Gasteiger partial charge is 0.306 e. The zero-order valence-corrected chi connectivity index (χ0v) is 6.75. The third-order valence-corrected chi connectivity index (χ3v) is 2.60. The van der Waals surface area contributed by atoms with Gasteiger partial charge in [-0.1, -0.05) is 13.3 Å². The number of carboxylic acids is 1. The van der Waals surface area contributed by atoms with E-state index in [1.54, 1.807) is 0 Å². The standard InChI is InChI=1S/C9H15O2/c1-2-7-3-5-8(6-4-7)9(10)11/h7-8H,1-6H2,(H,10,11). The van der Waals surface area contributed by atoms with Crippen LogP contribution in [0.1, 0.15) is 32.1 Å². The summed E-state index contributed by atoms with van der Waals surface area (Å²) in [6, 6.07) is 0. The molecule has 63 valence electrons. The Morgan fingerprint density at radius 2 is 1.91 bits per heavy atom. The van der Waals surface area contributed by atoms with Crippen LogP contribution in [0.25, 0.3) is 0 Å². The second kappa shape index (κ2) is 3.74. The van der Waals surface area contributed by atoms with Crippen LogP contribution < -0.4 is 0 Å². The fourth-order valence-corrected chi connectivity index (χ4v) is 1.70. The van der Waals surface area contributed by atoms with Gasteiger partial charge in [0.2, 0.25) is 0 Å². The third kappa shape index (κ3) is 2.21. The molecular weight excluding hydrogens is 140 g/mol. The minimum absolute atomic E-state index is 0.0715. The second-order valence-corrected chi connectivity index (χ2v) is 3.34. The summed E-state index contributed by atoms with van der Waals surface area (Å²) in [5.41, 5.74) is 0. The lowest BCUT2D eigenvalue weighted by Crippen LogP contribution is -2.20. The summed E-state index contributed by atoms with van der Waals surface area (Å²) >= 11 is 0. The van der Waals surface area contributed by atoms with Gasteiger partial charge in [0.1, 0.15) is 0 Å². The van der Waals surface area contributed by atoms with E-state index in [9.17, 15) is 4.79 Å². The Balaban J connectivity index is 2.30. The van der Waals surface area contributed by atoms with Gasteiger partial charge in [-0.05, 0) is 31.6 Å². The van der Waals surface area contributed by atoms with Gasteiger partial charge in [-0.15, -0.1) is 0 Å². The molecule has 0 saturated heterocycles. The highest BCUT2D eigenvalue weighted by molar-refractivity contribution is 5.69. The van der Waals surface area contributed by atoms with Crippen molar-refractivity contribution in [2.75, 3.05) is 0 Å². The second-order valence-electron chi connectivity index (χ2n) is 3.34. The van der Waals surface area contributed by atoms with Gasteiger partial charge in [-0.25, -0.2) is 0 Å². The molecule has 0 unspecified atom stereocenters. The summed E-state index contributed by atoms with van der Waals surface area (Å²) < 4.78 is 0. The third-order valence-electron chi connectivity index (χ3n) is 2.60. The van der Waals surface area contributed by atoms with E-state index in [0.29, 0.717) is 5.92 Å². The van der Waals surface area contributed by atoms with E-state index in [-0.39, 0.29) is 5.92 Å². The highest BCUT2D eigenvalue weighted by Gasteiger charge is 2.24. The van der Waals surface area contributed by atoms with Crippen LogP contribution in [0.3, 0.4) is 0 Å². The van der Waals surface area contributed by atoms with Crippen LogP contribution in [0, 0.1) is 18.8 Å². The van der Waals surface area contributed by atoms with E-state index in [1.807, 2.05) is 0 Å². The van der Waals surface area contributed by atoms with Crippen LogP contribution in [0.2, 0.25) is 0 Å². The molecule has 1 radical (unpaired) electrons. The Bertz CT molecular complexity index is 134. The van der Waals surface area contributed by atoms with Crippen LogP contribution in [-0.4, -0.2) is 11.1 Å². The van der Waals surface area contributed by atoms with Crippen molar-refractivity contribution >= 4 is 5.97 Å². The number of hydrogen-bond acceptors (Lipinski definition) is 1. The van der Waals surface area contributed by atoms with E-state index in [1.165, 1.54) is 0 Å². The van der Waals surface area contributed by atoms with Crippen molar-refractivity contribution in [2.45, 2.75) is 32.1 Å². The fourth-order valence-electron chi connectivity index (χ4n) is 1.70. The number of hydrogen-bond donors (Lipinski definition) is 1. The largest absolute Gasteiger partial charge is 0.481 e. The van der Waals surface area contributed by atoms with Gasteiger partial charge in [0.05, 0.1) is 5.92 Å². The first kappa shape index (κ1) is 8.57. The van der Waals surface area contributed by atoms with Crippen molar-refractivity contribution in [3.05, 3.63) is 6.92 Å².